The monoisotopic (exact) mass is 328 g/mol. The summed E-state index contributed by atoms with van der Waals surface area (Å²) in [6.07, 6.45) is -3.98. The summed E-state index contributed by atoms with van der Waals surface area (Å²) < 4.78 is 38.8. The molecular weight excluding hydrogens is 309 g/mol. The van der Waals surface area contributed by atoms with Gasteiger partial charge in [-0.1, -0.05) is 0 Å². The number of aromatic nitrogens is 4. The number of hydrogen-bond acceptors (Lipinski definition) is 5. The van der Waals surface area contributed by atoms with Gasteiger partial charge in [-0.2, -0.15) is 23.3 Å². The zero-order valence-electron chi connectivity index (χ0n) is 13.4. The van der Waals surface area contributed by atoms with Crippen LogP contribution in [0.1, 0.15) is 24.0 Å². The molecule has 6 nitrogen and oxygen atoms in total. The zero-order chi connectivity index (χ0) is 17.2. The Morgan fingerprint density at radius 3 is 2.48 bits per heavy atom. The molecule has 0 spiro atoms. The molecule has 2 rings (SSSR count). The predicted octanol–water partition coefficient (Wildman–Crippen LogP) is 2.64. The topological polar surface area (TPSA) is 69.7 Å². The molecule has 0 radical (unpaired) electrons. The van der Waals surface area contributed by atoms with Gasteiger partial charge in [0, 0.05) is 38.3 Å². The van der Waals surface area contributed by atoms with Gasteiger partial charge in [-0.05, 0) is 19.9 Å². The van der Waals surface area contributed by atoms with E-state index >= 15 is 0 Å². The van der Waals surface area contributed by atoms with Gasteiger partial charge < -0.3 is 10.2 Å². The highest BCUT2D eigenvalue weighted by molar-refractivity contribution is 5.44. The molecule has 0 saturated carbocycles. The summed E-state index contributed by atoms with van der Waals surface area (Å²) in [5.74, 6) is 0.140. The van der Waals surface area contributed by atoms with Crippen LogP contribution in [0.3, 0.4) is 0 Å². The molecule has 1 unspecified atom stereocenters. The van der Waals surface area contributed by atoms with Crippen LogP contribution in [0.2, 0.25) is 0 Å². The van der Waals surface area contributed by atoms with Crippen LogP contribution >= 0.6 is 0 Å². The highest BCUT2D eigenvalue weighted by Gasteiger charge is 2.34. The van der Waals surface area contributed by atoms with Crippen molar-refractivity contribution < 1.29 is 13.2 Å². The van der Waals surface area contributed by atoms with E-state index < -0.39 is 11.9 Å². The number of aromatic amines is 1. The van der Waals surface area contributed by atoms with Gasteiger partial charge in [0.05, 0.1) is 5.69 Å². The first-order valence-electron chi connectivity index (χ1n) is 7.06. The van der Waals surface area contributed by atoms with Gasteiger partial charge >= 0.3 is 6.18 Å². The molecule has 0 aliphatic carbocycles. The van der Waals surface area contributed by atoms with E-state index in [0.29, 0.717) is 6.42 Å². The number of nitrogens with one attached hydrogen (secondary N) is 2. The Bertz CT molecular complexity index is 665. The van der Waals surface area contributed by atoms with Crippen molar-refractivity contribution in [2.45, 2.75) is 32.5 Å². The van der Waals surface area contributed by atoms with Crippen LogP contribution in [-0.4, -0.2) is 40.3 Å². The lowest BCUT2D eigenvalue weighted by atomic mass is 10.2. The number of aryl methyl sites for hydroxylation is 1. The summed E-state index contributed by atoms with van der Waals surface area (Å²) in [5.41, 5.74) is 0.779. The number of hydrogen-bond donors (Lipinski definition) is 2. The molecule has 1 atom stereocenters. The van der Waals surface area contributed by atoms with Gasteiger partial charge in [-0.25, -0.2) is 4.98 Å². The maximum absolute atomic E-state index is 12.9. The summed E-state index contributed by atoms with van der Waals surface area (Å²) in [6, 6.07) is 2.64. The average molecular weight is 328 g/mol. The maximum Gasteiger partial charge on any atom is 0.433 e. The van der Waals surface area contributed by atoms with Gasteiger partial charge in [0.25, 0.3) is 0 Å². The third-order valence-electron chi connectivity index (χ3n) is 3.11. The van der Waals surface area contributed by atoms with Crippen LogP contribution in [0.4, 0.5) is 24.9 Å². The Balaban J connectivity index is 2.19. The minimum atomic E-state index is -4.52. The first kappa shape index (κ1) is 17.0. The van der Waals surface area contributed by atoms with E-state index in [1.54, 1.807) is 14.1 Å². The summed E-state index contributed by atoms with van der Waals surface area (Å²) in [4.78, 5) is 9.18. The minimum Gasteiger partial charge on any atom is -0.363 e. The van der Waals surface area contributed by atoms with E-state index in [-0.39, 0.29) is 17.8 Å². The lowest BCUT2D eigenvalue weighted by Gasteiger charge is -2.18. The molecule has 0 aliphatic rings. The quantitative estimate of drug-likeness (QED) is 0.883. The van der Waals surface area contributed by atoms with Crippen LogP contribution in [0.5, 0.6) is 0 Å². The van der Waals surface area contributed by atoms with Crippen LogP contribution in [0.25, 0.3) is 0 Å². The molecule has 2 aromatic rings. The summed E-state index contributed by atoms with van der Waals surface area (Å²) in [7, 11) is 3.25. The predicted molar refractivity (Wildman–Crippen MR) is 81.5 cm³/mol. The number of nitrogens with zero attached hydrogens (tertiary/aromatic N) is 4. The molecule has 2 N–H and O–H groups in total. The SMILES string of the molecule is Cc1cc(CC(C)Nc2nc(N(C)C)cc(C(F)(F)F)n2)n[nH]1. The van der Waals surface area contributed by atoms with Gasteiger partial charge in [-0.3, -0.25) is 5.10 Å². The van der Waals surface area contributed by atoms with Crippen molar-refractivity contribution in [1.82, 2.24) is 20.2 Å². The third kappa shape index (κ3) is 4.57. The molecule has 0 bridgehead atoms. The van der Waals surface area contributed by atoms with Crippen molar-refractivity contribution in [1.29, 1.82) is 0 Å². The van der Waals surface area contributed by atoms with E-state index in [9.17, 15) is 13.2 Å². The van der Waals surface area contributed by atoms with Crippen LogP contribution in [-0.2, 0) is 12.6 Å². The van der Waals surface area contributed by atoms with Gasteiger partial charge in [0.1, 0.15) is 5.82 Å². The second kappa shape index (κ2) is 6.43. The van der Waals surface area contributed by atoms with E-state index in [1.807, 2.05) is 19.9 Å². The van der Waals surface area contributed by atoms with E-state index in [4.69, 9.17) is 0 Å². The minimum absolute atomic E-state index is 0.0525. The summed E-state index contributed by atoms with van der Waals surface area (Å²) >= 11 is 0. The van der Waals surface area contributed by atoms with Gasteiger partial charge in [-0.15, -0.1) is 0 Å². The molecule has 0 aromatic carbocycles. The van der Waals surface area contributed by atoms with Crippen LogP contribution in [0.15, 0.2) is 12.1 Å². The number of halogens is 3. The Morgan fingerprint density at radius 2 is 1.96 bits per heavy atom. The number of H-pyrrole nitrogens is 1. The van der Waals surface area contributed by atoms with Gasteiger partial charge in [0.2, 0.25) is 5.95 Å². The molecule has 23 heavy (non-hydrogen) atoms. The molecule has 0 fully saturated rings. The zero-order valence-corrected chi connectivity index (χ0v) is 13.4. The average Bonchev–Trinajstić information content (AvgIpc) is 2.82. The van der Waals surface area contributed by atoms with Crippen molar-refractivity contribution in [2.24, 2.45) is 0 Å². The van der Waals surface area contributed by atoms with Crippen LogP contribution in [0, 0.1) is 6.92 Å². The van der Waals surface area contributed by atoms with E-state index in [1.165, 1.54) is 4.90 Å². The molecule has 0 aliphatic heterocycles. The van der Waals surface area contributed by atoms with Crippen molar-refractivity contribution >= 4 is 11.8 Å². The Kier molecular flexibility index (Phi) is 4.76. The number of rotatable bonds is 5. The van der Waals surface area contributed by atoms with Crippen molar-refractivity contribution in [3.63, 3.8) is 0 Å². The number of anilines is 2. The third-order valence-corrected chi connectivity index (χ3v) is 3.11. The Morgan fingerprint density at radius 1 is 1.26 bits per heavy atom. The fourth-order valence-electron chi connectivity index (χ4n) is 2.04. The van der Waals surface area contributed by atoms with Crippen molar-refractivity contribution in [2.75, 3.05) is 24.3 Å². The van der Waals surface area contributed by atoms with E-state index in [2.05, 4.69) is 25.5 Å². The lowest BCUT2D eigenvalue weighted by molar-refractivity contribution is -0.141. The van der Waals surface area contributed by atoms with Crippen molar-refractivity contribution in [3.05, 3.63) is 29.2 Å². The lowest BCUT2D eigenvalue weighted by Crippen LogP contribution is -2.23. The summed E-state index contributed by atoms with van der Waals surface area (Å²) in [6.45, 7) is 3.72. The molecule has 2 aromatic heterocycles. The van der Waals surface area contributed by atoms with Gasteiger partial charge in [0.15, 0.2) is 5.69 Å². The molecular formula is C14H19F3N6. The fourth-order valence-corrected chi connectivity index (χ4v) is 2.04. The largest absolute Gasteiger partial charge is 0.433 e. The number of alkyl halides is 3. The molecule has 2 heterocycles. The molecule has 126 valence electrons. The molecule has 9 heteroatoms. The fraction of sp³-hybridized carbons (Fsp3) is 0.500. The normalized spacial score (nSPS) is 13.0. The standard InChI is InChI=1S/C14H19F3N6/c1-8(5-10-6-9(2)21-22-10)18-13-19-11(14(15,16)17)7-12(20-13)23(3)4/h6-8H,5H2,1-4H3,(H,21,22)(H,18,19,20). The Labute approximate surface area is 132 Å². The second-order valence-corrected chi connectivity index (χ2v) is 5.62. The summed E-state index contributed by atoms with van der Waals surface area (Å²) in [5, 5.41) is 9.84. The Hall–Kier alpha value is -2.32. The second-order valence-electron chi connectivity index (χ2n) is 5.62. The first-order valence-corrected chi connectivity index (χ1v) is 7.06. The maximum atomic E-state index is 12.9. The highest BCUT2D eigenvalue weighted by Crippen LogP contribution is 2.30. The highest BCUT2D eigenvalue weighted by atomic mass is 19.4. The van der Waals surface area contributed by atoms with Crippen molar-refractivity contribution in [3.8, 4) is 0 Å². The molecule has 0 amide bonds. The van der Waals surface area contributed by atoms with E-state index in [0.717, 1.165) is 17.5 Å². The first-order chi connectivity index (χ1) is 10.6. The van der Waals surface area contributed by atoms with Crippen LogP contribution < -0.4 is 10.2 Å². The smallest absolute Gasteiger partial charge is 0.363 e. The molecule has 0 saturated heterocycles.